The summed E-state index contributed by atoms with van der Waals surface area (Å²) in [5.41, 5.74) is -0.253. The van der Waals surface area contributed by atoms with Crippen molar-refractivity contribution in [3.05, 3.63) is 47.7 Å². The molecule has 13 heteroatoms. The van der Waals surface area contributed by atoms with E-state index < -0.39 is 29.9 Å². The molecule has 2 aromatic heterocycles. The zero-order valence-electron chi connectivity index (χ0n) is 20.2. The van der Waals surface area contributed by atoms with Crippen LogP contribution in [0, 0.1) is 12.7 Å². The number of hydrogen-bond donors (Lipinski definition) is 1. The van der Waals surface area contributed by atoms with Gasteiger partial charge in [0.05, 0.1) is 38.3 Å². The monoisotopic (exact) mass is 516 g/mol. The SMILES string of the molecule is COC(=O)c1cnc(OC2CN3c4cc(-c5cccc(F)c5OC)nnc4NCC3(C(F)F)C2)c(C)n1. The average Bonchev–Trinajstić information content (AvgIpc) is 3.29. The lowest BCUT2D eigenvalue weighted by molar-refractivity contribution is 0.0526. The lowest BCUT2D eigenvalue weighted by Crippen LogP contribution is -2.57. The number of alkyl halides is 2. The van der Waals surface area contributed by atoms with Crippen LogP contribution in [0.1, 0.15) is 22.6 Å². The van der Waals surface area contributed by atoms with Crippen LogP contribution < -0.4 is 19.7 Å². The van der Waals surface area contributed by atoms with Gasteiger partial charge in [-0.1, -0.05) is 6.07 Å². The lowest BCUT2D eigenvalue weighted by atomic mass is 9.93. The number of carbonyl (C=O) groups is 1. The number of benzene rings is 1. The molecule has 2 unspecified atom stereocenters. The average molecular weight is 516 g/mol. The van der Waals surface area contributed by atoms with E-state index >= 15 is 0 Å². The van der Waals surface area contributed by atoms with Gasteiger partial charge in [0.15, 0.2) is 23.1 Å². The summed E-state index contributed by atoms with van der Waals surface area (Å²) < 4.78 is 59.3. The maximum absolute atomic E-state index is 14.6. The molecule has 1 aromatic carbocycles. The highest BCUT2D eigenvalue weighted by molar-refractivity contribution is 5.86. The van der Waals surface area contributed by atoms with Crippen molar-refractivity contribution in [1.82, 2.24) is 20.2 Å². The van der Waals surface area contributed by atoms with Crippen molar-refractivity contribution in [3.63, 3.8) is 0 Å². The third kappa shape index (κ3) is 4.13. The summed E-state index contributed by atoms with van der Waals surface area (Å²) in [7, 11) is 2.57. The molecule has 2 aliphatic heterocycles. The van der Waals surface area contributed by atoms with Gasteiger partial charge in [0.25, 0.3) is 6.43 Å². The molecule has 0 amide bonds. The number of esters is 1. The number of para-hydroxylation sites is 1. The van der Waals surface area contributed by atoms with Crippen LogP contribution in [0.4, 0.5) is 24.7 Å². The Morgan fingerprint density at radius 2 is 2.08 bits per heavy atom. The van der Waals surface area contributed by atoms with Gasteiger partial charge >= 0.3 is 5.97 Å². The predicted molar refractivity (Wildman–Crippen MR) is 126 cm³/mol. The second kappa shape index (κ2) is 9.37. The van der Waals surface area contributed by atoms with E-state index in [2.05, 4.69) is 30.2 Å². The van der Waals surface area contributed by atoms with Crippen molar-refractivity contribution in [2.24, 2.45) is 0 Å². The fourth-order valence-electron chi connectivity index (χ4n) is 4.77. The Hall–Kier alpha value is -4.16. The third-order valence-electron chi connectivity index (χ3n) is 6.56. The zero-order valence-corrected chi connectivity index (χ0v) is 20.2. The maximum atomic E-state index is 14.6. The van der Waals surface area contributed by atoms with Gasteiger partial charge in [-0.15, -0.1) is 10.2 Å². The van der Waals surface area contributed by atoms with E-state index in [9.17, 15) is 18.0 Å². The molecule has 5 rings (SSSR count). The van der Waals surface area contributed by atoms with Crippen LogP contribution in [0.25, 0.3) is 11.3 Å². The molecule has 0 radical (unpaired) electrons. The minimum absolute atomic E-state index is 0.0113. The molecule has 0 saturated carbocycles. The van der Waals surface area contributed by atoms with Gasteiger partial charge in [-0.3, -0.25) is 0 Å². The number of fused-ring (bicyclic) bond motifs is 3. The quantitative estimate of drug-likeness (QED) is 0.490. The van der Waals surface area contributed by atoms with Gasteiger partial charge in [-0.05, 0) is 25.1 Å². The first-order valence-corrected chi connectivity index (χ1v) is 11.4. The first-order valence-electron chi connectivity index (χ1n) is 11.4. The van der Waals surface area contributed by atoms with Crippen LogP contribution in [0.15, 0.2) is 30.5 Å². The second-order valence-corrected chi connectivity index (χ2v) is 8.73. The van der Waals surface area contributed by atoms with E-state index in [0.717, 1.165) is 0 Å². The molecular formula is C24H23F3N6O4. The van der Waals surface area contributed by atoms with Crippen LogP contribution in [-0.4, -0.2) is 71.5 Å². The van der Waals surface area contributed by atoms with Crippen molar-refractivity contribution >= 4 is 17.5 Å². The van der Waals surface area contributed by atoms with E-state index in [1.165, 1.54) is 32.5 Å². The number of aromatic nitrogens is 4. The highest BCUT2D eigenvalue weighted by Gasteiger charge is 2.56. The van der Waals surface area contributed by atoms with Crippen molar-refractivity contribution in [2.75, 3.05) is 37.5 Å². The highest BCUT2D eigenvalue weighted by Crippen LogP contribution is 2.46. The van der Waals surface area contributed by atoms with Crippen LogP contribution >= 0.6 is 0 Å². The zero-order chi connectivity index (χ0) is 26.3. The number of anilines is 2. The second-order valence-electron chi connectivity index (χ2n) is 8.73. The first kappa shape index (κ1) is 24.5. The summed E-state index contributed by atoms with van der Waals surface area (Å²) in [6, 6.07) is 5.96. The van der Waals surface area contributed by atoms with Gasteiger partial charge in [-0.2, -0.15) is 0 Å². The van der Waals surface area contributed by atoms with Gasteiger partial charge in [0.2, 0.25) is 5.88 Å². The fourth-order valence-corrected chi connectivity index (χ4v) is 4.77. The molecule has 4 heterocycles. The van der Waals surface area contributed by atoms with E-state index in [-0.39, 0.29) is 42.5 Å². The molecule has 0 bridgehead atoms. The molecule has 3 aromatic rings. The standard InChI is InChI=1S/C24H23F3N6O4/c1-12-21(28-9-17(30-12)22(34)36-3)37-13-8-24(23(26)27)11-29-20-18(33(24)10-13)7-16(31-32-20)14-5-4-6-15(25)19(14)35-2/h4-7,9,13,23H,8,10-11H2,1-3H3,(H,29,32). The van der Waals surface area contributed by atoms with Crippen molar-refractivity contribution in [1.29, 1.82) is 0 Å². The molecule has 0 spiro atoms. The number of ether oxygens (including phenoxy) is 3. The molecule has 2 aliphatic rings. The minimum Gasteiger partial charge on any atom is -0.493 e. The lowest BCUT2D eigenvalue weighted by Gasteiger charge is -2.43. The third-order valence-corrected chi connectivity index (χ3v) is 6.56. The topological polar surface area (TPSA) is 112 Å². The number of hydrogen-bond acceptors (Lipinski definition) is 10. The normalized spacial score (nSPS) is 20.2. The summed E-state index contributed by atoms with van der Waals surface area (Å²) in [4.78, 5) is 21.6. The minimum atomic E-state index is -2.73. The van der Waals surface area contributed by atoms with Crippen LogP contribution in [-0.2, 0) is 4.74 Å². The summed E-state index contributed by atoms with van der Waals surface area (Å²) in [6.07, 6.45) is -2.20. The Bertz CT molecular complexity index is 1360. The molecule has 194 valence electrons. The van der Waals surface area contributed by atoms with Crippen molar-refractivity contribution in [3.8, 4) is 22.9 Å². The van der Waals surface area contributed by atoms with Gasteiger partial charge in [-0.25, -0.2) is 27.9 Å². The number of nitrogens with zero attached hydrogens (tertiary/aromatic N) is 5. The molecule has 1 saturated heterocycles. The number of rotatable bonds is 6. The van der Waals surface area contributed by atoms with Gasteiger partial charge in [0, 0.05) is 18.5 Å². The number of methoxy groups -OCH3 is 2. The molecule has 1 fully saturated rings. The van der Waals surface area contributed by atoms with Gasteiger partial charge in [0.1, 0.15) is 17.3 Å². The van der Waals surface area contributed by atoms with Crippen LogP contribution in [0.2, 0.25) is 0 Å². The van der Waals surface area contributed by atoms with Crippen LogP contribution in [0.3, 0.4) is 0 Å². The maximum Gasteiger partial charge on any atom is 0.358 e. The molecule has 37 heavy (non-hydrogen) atoms. The smallest absolute Gasteiger partial charge is 0.358 e. The Kier molecular flexibility index (Phi) is 6.21. The summed E-state index contributed by atoms with van der Waals surface area (Å²) >= 11 is 0. The molecule has 2 atom stereocenters. The van der Waals surface area contributed by atoms with E-state index in [1.54, 1.807) is 24.0 Å². The molecule has 10 nitrogen and oxygen atoms in total. The van der Waals surface area contributed by atoms with Gasteiger partial charge < -0.3 is 24.4 Å². The van der Waals surface area contributed by atoms with Crippen molar-refractivity contribution < 1.29 is 32.2 Å². The molecular weight excluding hydrogens is 493 g/mol. The number of nitrogens with one attached hydrogen (secondary N) is 1. The highest BCUT2D eigenvalue weighted by atomic mass is 19.3. The fraction of sp³-hybridized carbons (Fsp3) is 0.375. The van der Waals surface area contributed by atoms with E-state index in [0.29, 0.717) is 22.8 Å². The number of halogens is 3. The summed E-state index contributed by atoms with van der Waals surface area (Å²) in [6.45, 7) is 1.62. The Balaban J connectivity index is 1.48. The Labute approximate surface area is 209 Å². The number of aryl methyl sites for hydroxylation is 1. The summed E-state index contributed by atoms with van der Waals surface area (Å²) in [5, 5.41) is 11.3. The van der Waals surface area contributed by atoms with Crippen molar-refractivity contribution in [2.45, 2.75) is 31.4 Å². The predicted octanol–water partition coefficient (Wildman–Crippen LogP) is 3.26. The Morgan fingerprint density at radius 1 is 1.27 bits per heavy atom. The van der Waals surface area contributed by atoms with E-state index in [4.69, 9.17) is 9.47 Å². The van der Waals surface area contributed by atoms with E-state index in [1.807, 2.05) is 0 Å². The number of carbonyl (C=O) groups excluding carboxylic acids is 1. The molecule has 0 aliphatic carbocycles. The first-order chi connectivity index (χ1) is 17.8. The molecule has 1 N–H and O–H groups in total. The largest absolute Gasteiger partial charge is 0.493 e. The summed E-state index contributed by atoms with van der Waals surface area (Å²) in [5.74, 6) is -0.787. The van der Waals surface area contributed by atoms with Crippen LogP contribution in [0.5, 0.6) is 11.6 Å². The Morgan fingerprint density at radius 3 is 2.78 bits per heavy atom.